The minimum atomic E-state index is -0.595. The number of benzene rings is 2. The van der Waals surface area contributed by atoms with E-state index in [0.717, 1.165) is 16.8 Å². The zero-order chi connectivity index (χ0) is 20.3. The van der Waals surface area contributed by atoms with E-state index < -0.39 is 10.7 Å². The lowest BCUT2D eigenvalue weighted by Crippen LogP contribution is -2.12. The predicted molar refractivity (Wildman–Crippen MR) is 112 cm³/mol. The van der Waals surface area contributed by atoms with Gasteiger partial charge in [0.05, 0.1) is 16.8 Å². The van der Waals surface area contributed by atoms with E-state index in [1.807, 2.05) is 56.5 Å². The monoisotopic (exact) mass is 396 g/mol. The van der Waals surface area contributed by atoms with Crippen molar-refractivity contribution in [3.8, 4) is 17.0 Å². The van der Waals surface area contributed by atoms with Crippen molar-refractivity contribution in [1.82, 2.24) is 4.98 Å². The summed E-state index contributed by atoms with van der Waals surface area (Å²) in [6.07, 6.45) is 1.36. The highest BCUT2D eigenvalue weighted by Crippen LogP contribution is 2.35. The number of aromatic nitrogens is 1. The van der Waals surface area contributed by atoms with E-state index in [-0.39, 0.29) is 16.7 Å². The number of anilines is 1. The van der Waals surface area contributed by atoms with Gasteiger partial charge in [-0.3, -0.25) is 15.5 Å². The summed E-state index contributed by atoms with van der Waals surface area (Å²) in [5, 5.41) is 28.1. The Morgan fingerprint density at radius 3 is 2.61 bits per heavy atom. The summed E-state index contributed by atoms with van der Waals surface area (Å²) in [6.45, 7) is 5.84. The molecule has 0 radical (unpaired) electrons. The van der Waals surface area contributed by atoms with E-state index in [4.69, 9.17) is 0 Å². The van der Waals surface area contributed by atoms with E-state index in [1.165, 1.54) is 23.6 Å². The number of thiazole rings is 1. The third-order valence-electron chi connectivity index (χ3n) is 4.12. The largest absolute Gasteiger partial charge is 0.502 e. The molecule has 8 heteroatoms. The number of nitro benzene ring substituents is 1. The van der Waals surface area contributed by atoms with Crippen LogP contribution < -0.4 is 5.43 Å². The van der Waals surface area contributed by atoms with Crippen LogP contribution in [0.15, 0.2) is 52.9 Å². The zero-order valence-corrected chi connectivity index (χ0v) is 16.5. The van der Waals surface area contributed by atoms with Gasteiger partial charge in [-0.2, -0.15) is 5.10 Å². The van der Waals surface area contributed by atoms with Gasteiger partial charge in [-0.05, 0) is 17.0 Å². The van der Waals surface area contributed by atoms with E-state index >= 15 is 0 Å². The fraction of sp³-hybridized carbons (Fsp3) is 0.200. The van der Waals surface area contributed by atoms with Gasteiger partial charge in [0.2, 0.25) is 10.9 Å². The summed E-state index contributed by atoms with van der Waals surface area (Å²) in [4.78, 5) is 15.1. The highest BCUT2D eigenvalue weighted by molar-refractivity contribution is 7.14. The van der Waals surface area contributed by atoms with Crippen LogP contribution >= 0.6 is 11.3 Å². The van der Waals surface area contributed by atoms with Crippen LogP contribution in [-0.2, 0) is 5.41 Å². The number of nitro groups is 1. The molecule has 2 aromatic carbocycles. The summed E-state index contributed by atoms with van der Waals surface area (Å²) in [5.74, 6) is -0.410. The molecule has 0 aliphatic carbocycles. The molecule has 0 amide bonds. The maximum atomic E-state index is 11.3. The predicted octanol–water partition coefficient (Wildman–Crippen LogP) is 5.17. The van der Waals surface area contributed by atoms with Gasteiger partial charge >= 0.3 is 5.69 Å². The SMILES string of the molecule is CC(C)(C)c1cc(C=NNc2nc(-c3ccccc3)cs2)c(O)c([N+](=O)[O-])c1. The first-order valence-corrected chi connectivity index (χ1v) is 9.45. The van der Waals surface area contributed by atoms with Crippen molar-refractivity contribution in [3.05, 3.63) is 69.1 Å². The van der Waals surface area contributed by atoms with Gasteiger partial charge in [-0.25, -0.2) is 4.98 Å². The van der Waals surface area contributed by atoms with Crippen molar-refractivity contribution < 1.29 is 10.0 Å². The highest BCUT2D eigenvalue weighted by Gasteiger charge is 2.23. The minimum absolute atomic E-state index is 0.270. The Bertz CT molecular complexity index is 1020. The molecule has 3 rings (SSSR count). The van der Waals surface area contributed by atoms with Crippen LogP contribution in [0.2, 0.25) is 0 Å². The molecule has 7 nitrogen and oxygen atoms in total. The molecular formula is C20H20N4O3S. The van der Waals surface area contributed by atoms with Crippen LogP contribution in [-0.4, -0.2) is 21.2 Å². The molecule has 1 aromatic heterocycles. The lowest BCUT2D eigenvalue weighted by molar-refractivity contribution is -0.386. The normalized spacial score (nSPS) is 11.7. The number of nitrogens with zero attached hydrogens (tertiary/aromatic N) is 3. The quantitative estimate of drug-likeness (QED) is 0.352. The number of hydrazone groups is 1. The average molecular weight is 396 g/mol. The Hall–Kier alpha value is -3.26. The number of hydrogen-bond acceptors (Lipinski definition) is 7. The van der Waals surface area contributed by atoms with Gasteiger partial charge in [0.1, 0.15) is 0 Å². The molecule has 3 aromatic rings. The fourth-order valence-electron chi connectivity index (χ4n) is 2.54. The molecule has 2 N–H and O–H groups in total. The number of rotatable bonds is 5. The Morgan fingerprint density at radius 2 is 1.96 bits per heavy atom. The van der Waals surface area contributed by atoms with E-state index in [2.05, 4.69) is 15.5 Å². The Labute approximate surface area is 166 Å². The van der Waals surface area contributed by atoms with Gasteiger partial charge in [-0.15, -0.1) is 11.3 Å². The highest BCUT2D eigenvalue weighted by atomic mass is 32.1. The zero-order valence-electron chi connectivity index (χ0n) is 15.7. The third-order valence-corrected chi connectivity index (χ3v) is 4.87. The standard InChI is InChI=1S/C20H20N4O3S/c1-20(2,3)15-9-14(18(25)17(10-15)24(26)27)11-21-23-19-22-16(12-28-19)13-7-5-4-6-8-13/h4-12,25H,1-3H3,(H,22,23). The van der Waals surface area contributed by atoms with Crippen molar-refractivity contribution in [2.24, 2.45) is 5.10 Å². The van der Waals surface area contributed by atoms with Crippen molar-refractivity contribution in [1.29, 1.82) is 0 Å². The van der Waals surface area contributed by atoms with E-state index in [1.54, 1.807) is 6.07 Å². The maximum Gasteiger partial charge on any atom is 0.311 e. The summed E-state index contributed by atoms with van der Waals surface area (Å²) >= 11 is 1.39. The Balaban J connectivity index is 1.83. The Morgan fingerprint density at radius 1 is 1.25 bits per heavy atom. The summed E-state index contributed by atoms with van der Waals surface area (Å²) in [5.41, 5.74) is 5.00. The second-order valence-electron chi connectivity index (χ2n) is 7.21. The fourth-order valence-corrected chi connectivity index (χ4v) is 3.20. The molecule has 0 saturated heterocycles. The topological polar surface area (TPSA) is 101 Å². The van der Waals surface area contributed by atoms with Crippen LogP contribution in [0.5, 0.6) is 5.75 Å². The molecule has 0 aliphatic rings. The lowest BCUT2D eigenvalue weighted by Gasteiger charge is -2.19. The first kappa shape index (κ1) is 19.5. The number of phenolic OH excluding ortho intramolecular Hbond substituents is 1. The van der Waals surface area contributed by atoms with Gasteiger partial charge in [0.25, 0.3) is 0 Å². The van der Waals surface area contributed by atoms with Crippen LogP contribution in [0.3, 0.4) is 0 Å². The van der Waals surface area contributed by atoms with E-state index in [9.17, 15) is 15.2 Å². The first-order valence-electron chi connectivity index (χ1n) is 8.57. The minimum Gasteiger partial charge on any atom is -0.502 e. The van der Waals surface area contributed by atoms with Crippen molar-refractivity contribution in [2.45, 2.75) is 26.2 Å². The summed E-state index contributed by atoms with van der Waals surface area (Å²) < 4.78 is 0. The number of aromatic hydroxyl groups is 1. The van der Waals surface area contributed by atoms with Crippen LogP contribution in [0.25, 0.3) is 11.3 Å². The van der Waals surface area contributed by atoms with Gasteiger partial charge < -0.3 is 5.11 Å². The molecule has 0 saturated carbocycles. The first-order chi connectivity index (χ1) is 13.3. The average Bonchev–Trinajstić information content (AvgIpc) is 3.11. The molecule has 0 bridgehead atoms. The number of nitrogens with one attached hydrogen (secondary N) is 1. The lowest BCUT2D eigenvalue weighted by atomic mass is 9.85. The molecule has 0 spiro atoms. The van der Waals surface area contributed by atoms with Crippen molar-refractivity contribution in [3.63, 3.8) is 0 Å². The van der Waals surface area contributed by atoms with Gasteiger partial charge in [0, 0.05) is 22.6 Å². The van der Waals surface area contributed by atoms with Crippen LogP contribution in [0.4, 0.5) is 10.8 Å². The molecule has 0 fully saturated rings. The number of hydrogen-bond donors (Lipinski definition) is 2. The molecule has 28 heavy (non-hydrogen) atoms. The van der Waals surface area contributed by atoms with Gasteiger partial charge in [0.15, 0.2) is 0 Å². The smallest absolute Gasteiger partial charge is 0.311 e. The Kier molecular flexibility index (Phi) is 5.41. The van der Waals surface area contributed by atoms with Gasteiger partial charge in [-0.1, -0.05) is 51.1 Å². The molecule has 0 unspecified atom stereocenters. The summed E-state index contributed by atoms with van der Waals surface area (Å²) in [7, 11) is 0. The molecule has 0 atom stereocenters. The third kappa shape index (κ3) is 4.34. The maximum absolute atomic E-state index is 11.3. The van der Waals surface area contributed by atoms with Crippen molar-refractivity contribution in [2.75, 3.05) is 5.43 Å². The summed E-state index contributed by atoms with van der Waals surface area (Å²) in [6, 6.07) is 12.9. The molecule has 0 aliphatic heterocycles. The van der Waals surface area contributed by atoms with Crippen molar-refractivity contribution >= 4 is 28.4 Å². The van der Waals surface area contributed by atoms with Crippen LogP contribution in [0, 0.1) is 10.1 Å². The number of phenols is 1. The molecular weight excluding hydrogens is 376 g/mol. The second kappa shape index (κ2) is 7.77. The molecule has 144 valence electrons. The van der Waals surface area contributed by atoms with Crippen LogP contribution in [0.1, 0.15) is 31.9 Å². The second-order valence-corrected chi connectivity index (χ2v) is 8.07. The molecule has 1 heterocycles. The van der Waals surface area contributed by atoms with E-state index in [0.29, 0.717) is 5.13 Å².